The molecule has 0 saturated carbocycles. The van der Waals surface area contributed by atoms with Gasteiger partial charge in [0.15, 0.2) is 18.9 Å². The van der Waals surface area contributed by atoms with Gasteiger partial charge >= 0.3 is 0 Å². The molecule has 3 aromatic rings. The van der Waals surface area contributed by atoms with Gasteiger partial charge < -0.3 is 0 Å². The van der Waals surface area contributed by atoms with Gasteiger partial charge in [0, 0.05) is 29.1 Å². The van der Waals surface area contributed by atoms with Crippen LogP contribution in [-0.2, 0) is 6.54 Å². The van der Waals surface area contributed by atoms with E-state index in [1.165, 1.54) is 22.9 Å². The molecule has 0 radical (unpaired) electrons. The lowest BCUT2D eigenvalue weighted by Gasteiger charge is -2.00. The fraction of sp³-hybridized carbons (Fsp3) is 0.0625. The van der Waals surface area contributed by atoms with E-state index in [9.17, 15) is 10.1 Å². The summed E-state index contributed by atoms with van der Waals surface area (Å²) in [5.74, 6) is 0. The van der Waals surface area contributed by atoms with Crippen molar-refractivity contribution in [2.75, 3.05) is 0 Å². The molecule has 2 aromatic carbocycles. The lowest BCUT2D eigenvalue weighted by atomic mass is 10.1. The van der Waals surface area contributed by atoms with Gasteiger partial charge in [-0.1, -0.05) is 18.2 Å². The predicted octanol–water partition coefficient (Wildman–Crippen LogP) is 3.66. The number of halogens is 1. The average molecular weight is 346 g/mol. The number of nitro benzene ring substituents is 1. The Morgan fingerprint density at radius 1 is 0.952 bits per heavy atom. The van der Waals surface area contributed by atoms with Crippen LogP contribution in [0, 0.1) is 10.1 Å². The molecule has 0 amide bonds. The van der Waals surface area contributed by atoms with E-state index in [0.717, 1.165) is 5.56 Å². The smallest absolute Gasteiger partial charge is 0.258 e. The van der Waals surface area contributed by atoms with Crippen LogP contribution in [0.15, 0.2) is 67.0 Å². The van der Waals surface area contributed by atoms with E-state index in [0.29, 0.717) is 6.54 Å². The maximum absolute atomic E-state index is 10.6. The van der Waals surface area contributed by atoms with E-state index in [4.69, 9.17) is 0 Å². The Kier molecular flexibility index (Phi) is 4.65. The van der Waals surface area contributed by atoms with E-state index in [1.54, 1.807) is 12.1 Å². The first kappa shape index (κ1) is 15.1. The number of non-ortho nitro benzene ring substituents is 1. The third-order valence-electron chi connectivity index (χ3n) is 3.26. The summed E-state index contributed by atoms with van der Waals surface area (Å²) in [6.45, 7) is 0.697. The highest BCUT2D eigenvalue weighted by molar-refractivity contribution is 8.93. The van der Waals surface area contributed by atoms with Crippen molar-refractivity contribution < 1.29 is 9.49 Å². The summed E-state index contributed by atoms with van der Waals surface area (Å²) in [6.07, 6.45) is 4.10. The standard InChI is InChI=1S/C16H13N2O2.BrH/c19-18(20)16-7-5-13(6-8-16)11-17-10-9-14-3-1-2-4-15(14)12-17;/h1-10,12H,11H2;1H/q+1;. The van der Waals surface area contributed by atoms with Crippen LogP contribution >= 0.6 is 17.0 Å². The van der Waals surface area contributed by atoms with Crippen molar-refractivity contribution >= 4 is 33.4 Å². The molecule has 0 fully saturated rings. The molecular formula is C16H14BrN2O2+. The van der Waals surface area contributed by atoms with Gasteiger partial charge in [-0.05, 0) is 23.6 Å². The quantitative estimate of drug-likeness (QED) is 0.413. The molecule has 0 aliphatic rings. The van der Waals surface area contributed by atoms with Gasteiger partial charge in [-0.15, -0.1) is 17.0 Å². The minimum Gasteiger partial charge on any atom is -0.258 e. The van der Waals surface area contributed by atoms with Crippen molar-refractivity contribution in [3.8, 4) is 0 Å². The normalized spacial score (nSPS) is 10.1. The van der Waals surface area contributed by atoms with E-state index in [-0.39, 0.29) is 27.6 Å². The zero-order chi connectivity index (χ0) is 13.9. The number of fused-ring (bicyclic) bond motifs is 1. The first-order chi connectivity index (χ1) is 9.72. The number of pyridine rings is 1. The van der Waals surface area contributed by atoms with E-state index in [2.05, 4.69) is 29.0 Å². The van der Waals surface area contributed by atoms with Crippen molar-refractivity contribution in [1.82, 2.24) is 0 Å². The van der Waals surface area contributed by atoms with Crippen molar-refractivity contribution in [3.05, 3.63) is 82.7 Å². The number of nitro groups is 1. The van der Waals surface area contributed by atoms with Gasteiger partial charge in [0.25, 0.3) is 5.69 Å². The molecule has 0 spiro atoms. The summed E-state index contributed by atoms with van der Waals surface area (Å²) in [4.78, 5) is 10.2. The molecule has 0 aliphatic heterocycles. The second-order valence-corrected chi connectivity index (χ2v) is 4.67. The van der Waals surface area contributed by atoms with Crippen molar-refractivity contribution in [2.24, 2.45) is 0 Å². The Bertz CT molecular complexity index is 773. The number of nitrogens with zero attached hydrogens (tertiary/aromatic N) is 2. The maximum Gasteiger partial charge on any atom is 0.269 e. The topological polar surface area (TPSA) is 47.0 Å². The van der Waals surface area contributed by atoms with Crippen LogP contribution in [0.5, 0.6) is 0 Å². The Balaban J connectivity index is 0.00000161. The van der Waals surface area contributed by atoms with Crippen LogP contribution in [0.4, 0.5) is 5.69 Å². The Hall–Kier alpha value is -2.27. The zero-order valence-corrected chi connectivity index (χ0v) is 12.9. The molecule has 0 aliphatic carbocycles. The monoisotopic (exact) mass is 345 g/mol. The Labute approximate surface area is 132 Å². The predicted molar refractivity (Wildman–Crippen MR) is 86.7 cm³/mol. The minimum absolute atomic E-state index is 0. The molecule has 0 atom stereocenters. The summed E-state index contributed by atoms with van der Waals surface area (Å²) < 4.78 is 2.07. The fourth-order valence-electron chi connectivity index (χ4n) is 2.21. The molecule has 4 nitrogen and oxygen atoms in total. The first-order valence-corrected chi connectivity index (χ1v) is 6.33. The average Bonchev–Trinajstić information content (AvgIpc) is 2.48. The zero-order valence-electron chi connectivity index (χ0n) is 11.2. The molecule has 21 heavy (non-hydrogen) atoms. The lowest BCUT2D eigenvalue weighted by molar-refractivity contribution is -0.687. The fourth-order valence-corrected chi connectivity index (χ4v) is 2.21. The Morgan fingerprint density at radius 3 is 2.29 bits per heavy atom. The van der Waals surface area contributed by atoms with Gasteiger partial charge in [-0.25, -0.2) is 4.57 Å². The second-order valence-electron chi connectivity index (χ2n) is 4.67. The Morgan fingerprint density at radius 2 is 1.62 bits per heavy atom. The number of rotatable bonds is 3. The molecule has 0 unspecified atom stereocenters. The number of aromatic nitrogens is 1. The van der Waals surface area contributed by atoms with Gasteiger partial charge in [0.2, 0.25) is 0 Å². The maximum atomic E-state index is 10.6. The van der Waals surface area contributed by atoms with Crippen LogP contribution in [0.1, 0.15) is 5.56 Å². The summed E-state index contributed by atoms with van der Waals surface area (Å²) in [5, 5.41) is 13.0. The van der Waals surface area contributed by atoms with Crippen LogP contribution in [-0.4, -0.2) is 4.92 Å². The summed E-state index contributed by atoms with van der Waals surface area (Å²) in [5.41, 5.74) is 1.16. The van der Waals surface area contributed by atoms with Crippen LogP contribution in [0.2, 0.25) is 0 Å². The summed E-state index contributed by atoms with van der Waals surface area (Å²) >= 11 is 0. The lowest BCUT2D eigenvalue weighted by Crippen LogP contribution is -2.33. The highest BCUT2D eigenvalue weighted by atomic mass is 79.9. The number of hydrogen-bond acceptors (Lipinski definition) is 2. The van der Waals surface area contributed by atoms with Crippen LogP contribution in [0.25, 0.3) is 10.8 Å². The molecule has 0 saturated heterocycles. The van der Waals surface area contributed by atoms with Crippen LogP contribution in [0.3, 0.4) is 0 Å². The second kappa shape index (κ2) is 6.45. The molecule has 3 rings (SSSR count). The van der Waals surface area contributed by atoms with Gasteiger partial charge in [-0.2, -0.15) is 0 Å². The number of benzene rings is 2. The van der Waals surface area contributed by atoms with Crippen LogP contribution < -0.4 is 4.57 Å². The molecule has 106 valence electrons. The first-order valence-electron chi connectivity index (χ1n) is 6.33. The molecular weight excluding hydrogens is 332 g/mol. The molecule has 5 heteroatoms. The van der Waals surface area contributed by atoms with E-state index < -0.39 is 0 Å². The SMILES string of the molecule is Br.O=[N+]([O-])c1ccc(C[n+]2ccc3ccccc3c2)cc1. The van der Waals surface area contributed by atoms with Crippen molar-refractivity contribution in [2.45, 2.75) is 6.54 Å². The van der Waals surface area contributed by atoms with Gasteiger partial charge in [0.1, 0.15) is 0 Å². The highest BCUT2D eigenvalue weighted by Crippen LogP contribution is 2.13. The number of hydrogen-bond donors (Lipinski definition) is 0. The third-order valence-corrected chi connectivity index (χ3v) is 3.26. The molecule has 0 N–H and O–H groups in total. The van der Waals surface area contributed by atoms with Gasteiger partial charge in [-0.3, -0.25) is 10.1 Å². The van der Waals surface area contributed by atoms with Crippen molar-refractivity contribution in [3.63, 3.8) is 0 Å². The van der Waals surface area contributed by atoms with E-state index in [1.807, 2.05) is 18.3 Å². The molecule has 1 aromatic heterocycles. The highest BCUT2D eigenvalue weighted by Gasteiger charge is 2.07. The van der Waals surface area contributed by atoms with Gasteiger partial charge in [0.05, 0.1) is 4.92 Å². The van der Waals surface area contributed by atoms with E-state index >= 15 is 0 Å². The van der Waals surface area contributed by atoms with Crippen molar-refractivity contribution in [1.29, 1.82) is 0 Å². The largest absolute Gasteiger partial charge is 0.269 e. The summed E-state index contributed by atoms with van der Waals surface area (Å²) in [7, 11) is 0. The third kappa shape index (κ3) is 3.44. The summed E-state index contributed by atoms with van der Waals surface area (Å²) in [6, 6.07) is 16.9. The molecule has 1 heterocycles. The minimum atomic E-state index is -0.382. The molecule has 0 bridgehead atoms.